The zero-order chi connectivity index (χ0) is 19.4. The normalized spacial score (nSPS) is 18.7. The standard InChI is InChI=1S/2C8H11.C7H7.2ClH.H2Si.Zr/c2*1-6-4-7(2)8(3)5-6;1-7-5-3-2-4-6-7;;;;/h4,8H,1-3H3;4,6H,1-3H3;2-6H,1H2;2*1H;1H2;/q3*-1;;;;. The van der Waals surface area contributed by atoms with E-state index in [2.05, 4.69) is 72.8 Å². The van der Waals surface area contributed by atoms with E-state index in [4.69, 9.17) is 0 Å². The molecule has 0 saturated heterocycles. The molecule has 0 spiro atoms. The molecule has 1 aromatic rings. The van der Waals surface area contributed by atoms with Gasteiger partial charge in [0.25, 0.3) is 0 Å². The number of hydrogen-bond donors (Lipinski definition) is 0. The summed E-state index contributed by atoms with van der Waals surface area (Å²) in [4.78, 5) is 0. The van der Waals surface area contributed by atoms with Crippen molar-refractivity contribution in [2.75, 3.05) is 0 Å². The average molecular weight is 500 g/mol. The Bertz CT molecular complexity index is 628. The van der Waals surface area contributed by atoms with Crippen LogP contribution < -0.4 is 0 Å². The van der Waals surface area contributed by atoms with E-state index >= 15 is 0 Å². The van der Waals surface area contributed by atoms with Gasteiger partial charge in [-0.2, -0.15) is 36.3 Å². The summed E-state index contributed by atoms with van der Waals surface area (Å²) in [6.07, 6.45) is 11.0. The van der Waals surface area contributed by atoms with E-state index in [0.29, 0.717) is 11.8 Å². The van der Waals surface area contributed by atoms with Gasteiger partial charge in [-0.25, -0.2) is 22.8 Å². The molecule has 0 amide bonds. The third-order valence-electron chi connectivity index (χ3n) is 3.95. The molecular formula is C23H33Cl2SiZr-3. The molecule has 0 heterocycles. The van der Waals surface area contributed by atoms with Gasteiger partial charge in [0.15, 0.2) is 0 Å². The van der Waals surface area contributed by atoms with Crippen molar-refractivity contribution in [3.8, 4) is 0 Å². The Labute approximate surface area is 196 Å². The Hall–Kier alpha value is -0.270. The van der Waals surface area contributed by atoms with Crippen molar-refractivity contribution in [1.29, 1.82) is 0 Å². The zero-order valence-corrected chi connectivity index (χ0v) is 22.9. The first kappa shape index (κ1) is 31.4. The van der Waals surface area contributed by atoms with Gasteiger partial charge in [-0.05, 0) is 0 Å². The molecule has 0 aromatic heterocycles. The van der Waals surface area contributed by atoms with E-state index in [1.165, 1.54) is 22.3 Å². The van der Waals surface area contributed by atoms with Gasteiger partial charge in [0.2, 0.25) is 0 Å². The van der Waals surface area contributed by atoms with Crippen LogP contribution in [0, 0.1) is 30.9 Å². The fourth-order valence-electron chi connectivity index (χ4n) is 2.44. The Morgan fingerprint density at radius 2 is 1.44 bits per heavy atom. The third-order valence-corrected chi connectivity index (χ3v) is 3.95. The van der Waals surface area contributed by atoms with Crippen LogP contribution >= 0.6 is 24.8 Å². The maximum absolute atomic E-state index is 3.72. The summed E-state index contributed by atoms with van der Waals surface area (Å²) in [7, 11) is 0. The van der Waals surface area contributed by atoms with E-state index < -0.39 is 0 Å². The quantitative estimate of drug-likeness (QED) is 0.284. The third kappa shape index (κ3) is 14.4. The summed E-state index contributed by atoms with van der Waals surface area (Å²) in [6.45, 7) is 18.5. The van der Waals surface area contributed by atoms with Crippen LogP contribution in [-0.2, 0) is 23.3 Å². The average Bonchev–Trinajstić information content (AvgIpc) is 3.02. The molecule has 2 aliphatic carbocycles. The molecule has 2 unspecified atom stereocenters. The maximum atomic E-state index is 3.72. The Kier molecular flexibility index (Phi) is 20.7. The van der Waals surface area contributed by atoms with Crippen molar-refractivity contribution < 1.29 is 23.3 Å². The molecule has 1 aromatic carbocycles. The fraction of sp³-hybridized carbons (Fsp3) is 0.348. The Balaban J connectivity index is -0.000000296. The first-order chi connectivity index (χ1) is 11.8. The molecule has 0 N–H and O–H groups in total. The van der Waals surface area contributed by atoms with Crippen LogP contribution in [0.2, 0.25) is 0 Å². The van der Waals surface area contributed by atoms with Gasteiger partial charge in [0.1, 0.15) is 0 Å². The summed E-state index contributed by atoms with van der Waals surface area (Å²) < 4.78 is 0. The van der Waals surface area contributed by atoms with Gasteiger partial charge in [0, 0.05) is 0 Å². The molecule has 0 aliphatic heterocycles. The van der Waals surface area contributed by atoms with Crippen molar-refractivity contribution in [3.63, 3.8) is 0 Å². The number of halogens is 2. The molecule has 27 heavy (non-hydrogen) atoms. The van der Waals surface area contributed by atoms with E-state index in [0.717, 1.165) is 5.56 Å². The Morgan fingerprint density at radius 1 is 0.926 bits per heavy atom. The monoisotopic (exact) mass is 497 g/mol. The first-order valence-electron chi connectivity index (χ1n) is 8.59. The molecule has 0 saturated carbocycles. The van der Waals surface area contributed by atoms with E-state index in [9.17, 15) is 0 Å². The molecule has 150 valence electrons. The van der Waals surface area contributed by atoms with Crippen LogP contribution in [-0.4, -0.2) is 6.88 Å². The molecule has 3 rings (SSSR count). The van der Waals surface area contributed by atoms with Crippen LogP contribution in [0.5, 0.6) is 0 Å². The van der Waals surface area contributed by atoms with Gasteiger partial charge < -0.3 is 0 Å². The second-order valence-corrected chi connectivity index (χ2v) is 6.33. The van der Waals surface area contributed by atoms with Crippen molar-refractivity contribution in [3.05, 3.63) is 89.4 Å². The molecule has 0 nitrogen and oxygen atoms in total. The predicted molar refractivity (Wildman–Crippen MR) is 125 cm³/mol. The van der Waals surface area contributed by atoms with Gasteiger partial charge in [-0.15, -0.1) is 43.9 Å². The molecule has 2 atom stereocenters. The summed E-state index contributed by atoms with van der Waals surface area (Å²) in [5, 5.41) is 0. The SMILES string of the molecule is CC1=[C-]C(C)C(C)=C1.CC1=[C-]C(C)C=C1C.Cl.Cl.[CH2-]c1ccccc1.[SiH2]=[Zr]. The minimum absolute atomic E-state index is 0. The topological polar surface area (TPSA) is 0 Å². The second-order valence-electron chi connectivity index (χ2n) is 6.33. The van der Waals surface area contributed by atoms with Crippen LogP contribution in [0.15, 0.2) is 64.8 Å². The van der Waals surface area contributed by atoms with Crippen molar-refractivity contribution in [2.45, 2.75) is 41.5 Å². The number of benzene rings is 1. The van der Waals surface area contributed by atoms with Crippen LogP contribution in [0.3, 0.4) is 0 Å². The molecular weight excluding hydrogens is 466 g/mol. The van der Waals surface area contributed by atoms with E-state index in [1.807, 2.05) is 37.2 Å². The van der Waals surface area contributed by atoms with Crippen LogP contribution in [0.25, 0.3) is 0 Å². The fourth-order valence-corrected chi connectivity index (χ4v) is 2.44. The molecule has 0 fully saturated rings. The zero-order valence-electron chi connectivity index (χ0n) is 17.4. The molecule has 0 bridgehead atoms. The molecule has 2 aliphatic rings. The van der Waals surface area contributed by atoms with Crippen molar-refractivity contribution in [2.24, 2.45) is 11.8 Å². The van der Waals surface area contributed by atoms with Crippen LogP contribution in [0.4, 0.5) is 0 Å². The van der Waals surface area contributed by atoms with Gasteiger partial charge >= 0.3 is 30.2 Å². The summed E-state index contributed by atoms with van der Waals surface area (Å²) in [5.74, 6) is 1.12. The number of rotatable bonds is 0. The van der Waals surface area contributed by atoms with Gasteiger partial charge in [-0.3, -0.25) is 12.2 Å². The minimum atomic E-state index is 0. The van der Waals surface area contributed by atoms with Crippen LogP contribution in [0.1, 0.15) is 47.1 Å². The Morgan fingerprint density at radius 3 is 1.59 bits per heavy atom. The van der Waals surface area contributed by atoms with E-state index in [-0.39, 0.29) is 24.8 Å². The van der Waals surface area contributed by atoms with Crippen molar-refractivity contribution in [1.82, 2.24) is 0 Å². The van der Waals surface area contributed by atoms with Gasteiger partial charge in [-0.1, -0.05) is 52.5 Å². The molecule has 4 heteroatoms. The van der Waals surface area contributed by atoms with Gasteiger partial charge in [0.05, 0.1) is 0 Å². The number of allylic oxidation sites excluding steroid dienone is 8. The summed E-state index contributed by atoms with van der Waals surface area (Å²) >= 11 is 1.58. The first-order valence-corrected chi connectivity index (χ1v) is 14.5. The molecule has 0 radical (unpaired) electrons. The second kappa shape index (κ2) is 17.8. The summed E-state index contributed by atoms with van der Waals surface area (Å²) in [6, 6.07) is 9.87. The summed E-state index contributed by atoms with van der Waals surface area (Å²) in [5.41, 5.74) is 6.50. The number of hydrogen-bond acceptors (Lipinski definition) is 0. The van der Waals surface area contributed by atoms with E-state index in [1.54, 1.807) is 23.3 Å². The van der Waals surface area contributed by atoms with Crippen molar-refractivity contribution >= 4 is 31.7 Å². The predicted octanol–water partition coefficient (Wildman–Crippen LogP) is 6.46.